The summed E-state index contributed by atoms with van der Waals surface area (Å²) in [4.78, 5) is 44.4. The highest BCUT2D eigenvalue weighted by molar-refractivity contribution is 5.70. The molecule has 0 aromatic heterocycles. The molecule has 0 rings (SSSR count). The number of carbonyl (C=O) groups excluding carboxylic acids is 2. The molecule has 14 heteroatoms. The van der Waals surface area contributed by atoms with E-state index in [0.29, 0.717) is 65.1 Å². The van der Waals surface area contributed by atoms with Crippen molar-refractivity contribution in [1.29, 1.82) is 0 Å². The zero-order valence-corrected chi connectivity index (χ0v) is 23.2. The molecule has 0 heterocycles. The van der Waals surface area contributed by atoms with E-state index in [1.807, 2.05) is 0 Å². The van der Waals surface area contributed by atoms with Gasteiger partial charge in [0, 0.05) is 52.6 Å². The van der Waals surface area contributed by atoms with E-state index >= 15 is 0 Å². The van der Waals surface area contributed by atoms with Crippen molar-refractivity contribution >= 4 is 23.9 Å². The third-order valence-corrected chi connectivity index (χ3v) is 4.62. The smallest absolute Gasteiger partial charge is 0.307 e. The number of unbranched alkanes of at least 4 members (excludes halogenated alkanes) is 3. The first kappa shape index (κ1) is 41.1. The van der Waals surface area contributed by atoms with E-state index in [9.17, 15) is 19.2 Å². The number of nitrogens with one attached hydrogen (secondary N) is 1. The monoisotopic (exact) mass is 570 g/mol. The van der Waals surface area contributed by atoms with Crippen molar-refractivity contribution in [3.8, 4) is 0 Å². The molecule has 7 N–H and O–H groups in total. The molecule has 0 radical (unpaired) electrons. The molecule has 0 unspecified atom stereocenters. The van der Waals surface area contributed by atoms with Gasteiger partial charge in [-0.1, -0.05) is 0 Å². The van der Waals surface area contributed by atoms with Gasteiger partial charge < -0.3 is 50.3 Å². The van der Waals surface area contributed by atoms with Gasteiger partial charge in [0.25, 0.3) is 0 Å². The average molecular weight is 571 g/mol. The number of rotatable bonds is 23. The van der Waals surface area contributed by atoms with Crippen molar-refractivity contribution in [2.24, 2.45) is 0 Å². The van der Waals surface area contributed by atoms with Gasteiger partial charge in [0.05, 0.1) is 38.9 Å². The van der Waals surface area contributed by atoms with E-state index in [1.54, 1.807) is 11.9 Å². The van der Waals surface area contributed by atoms with Gasteiger partial charge in [-0.05, 0) is 45.6 Å². The average Bonchev–Trinajstić information content (AvgIpc) is 2.90. The summed E-state index contributed by atoms with van der Waals surface area (Å²) < 4.78 is 9.89. The molecule has 0 aliphatic heterocycles. The lowest BCUT2D eigenvalue weighted by atomic mass is 10.3. The Hall–Kier alpha value is -2.36. The first-order valence-electron chi connectivity index (χ1n) is 13.2. The number of carboxylic acid groups (broad SMARTS) is 2. The van der Waals surface area contributed by atoms with Crippen LogP contribution >= 0.6 is 0 Å². The van der Waals surface area contributed by atoms with Crippen molar-refractivity contribution in [3.63, 3.8) is 0 Å². The maximum atomic E-state index is 11.3. The minimum Gasteiger partial charge on any atom is -0.481 e. The highest BCUT2D eigenvalue weighted by atomic mass is 16.5. The Kier molecular flexibility index (Phi) is 35.5. The van der Waals surface area contributed by atoms with Gasteiger partial charge in [0.2, 0.25) is 0 Å². The van der Waals surface area contributed by atoms with Crippen molar-refractivity contribution in [2.45, 2.75) is 64.2 Å². The molecule has 0 saturated heterocycles. The van der Waals surface area contributed by atoms with Crippen LogP contribution in [0.25, 0.3) is 0 Å². The second-order valence-corrected chi connectivity index (χ2v) is 8.30. The predicted octanol–water partition coefficient (Wildman–Crippen LogP) is -0.394. The largest absolute Gasteiger partial charge is 0.481 e. The van der Waals surface area contributed by atoms with E-state index in [4.69, 9.17) is 40.1 Å². The number of nitrogens with zero attached hydrogens (tertiary/aromatic N) is 1. The highest BCUT2D eigenvalue weighted by Gasteiger charge is 2.05. The molecule has 39 heavy (non-hydrogen) atoms. The molecule has 0 bridgehead atoms. The summed E-state index contributed by atoms with van der Waals surface area (Å²) in [5, 5.41) is 52.9. The number of esters is 2. The molecule has 0 saturated carbocycles. The molecule has 14 nitrogen and oxygen atoms in total. The lowest BCUT2D eigenvalue weighted by Crippen LogP contribution is -2.24. The fraction of sp³-hybridized carbons (Fsp3) is 0.840. The summed E-state index contributed by atoms with van der Waals surface area (Å²) in [6.45, 7) is 2.96. The Labute approximate surface area is 230 Å². The van der Waals surface area contributed by atoms with E-state index in [2.05, 4.69) is 5.32 Å². The number of hydrogen-bond acceptors (Lipinski definition) is 12. The molecule has 0 amide bonds. The van der Waals surface area contributed by atoms with Gasteiger partial charge >= 0.3 is 23.9 Å². The Morgan fingerprint density at radius 2 is 0.923 bits per heavy atom. The van der Waals surface area contributed by atoms with Crippen LogP contribution in [0.15, 0.2) is 0 Å². The standard InChI is InChI=1S/C14H27NO6.C7H13NO4.C4H10O2/c16-9-1-3-11-20-13(18)5-7-15-8-6-14(19)21-12-4-2-10-17;1-8(4-2-6(9)10)5-3-7(11)12;5-3-1-2-4-6/h15-17H,1-12H2;2-5H2,1H3,(H,9,10)(H,11,12);5-6H,1-4H2. The summed E-state index contributed by atoms with van der Waals surface area (Å²) in [7, 11) is 1.70. The number of ether oxygens (including phenoxy) is 2. The van der Waals surface area contributed by atoms with Gasteiger partial charge in [-0.3, -0.25) is 19.2 Å². The molecule has 0 atom stereocenters. The molecule has 0 fully saturated rings. The van der Waals surface area contributed by atoms with E-state index in [-0.39, 0.29) is 64.0 Å². The van der Waals surface area contributed by atoms with Crippen LogP contribution in [0.2, 0.25) is 0 Å². The molecule has 232 valence electrons. The lowest BCUT2D eigenvalue weighted by molar-refractivity contribution is -0.144. The Morgan fingerprint density at radius 1 is 0.590 bits per heavy atom. The molecule has 0 aliphatic carbocycles. The van der Waals surface area contributed by atoms with E-state index < -0.39 is 11.9 Å². The van der Waals surface area contributed by atoms with Crippen LogP contribution in [-0.2, 0) is 28.7 Å². The van der Waals surface area contributed by atoms with Crippen LogP contribution < -0.4 is 5.32 Å². The van der Waals surface area contributed by atoms with Crippen LogP contribution in [0.1, 0.15) is 64.2 Å². The number of hydrogen-bond donors (Lipinski definition) is 7. The predicted molar refractivity (Wildman–Crippen MR) is 142 cm³/mol. The first-order chi connectivity index (χ1) is 18.6. The normalized spacial score (nSPS) is 10.1. The van der Waals surface area contributed by atoms with Crippen molar-refractivity contribution < 1.29 is 59.3 Å². The number of carboxylic acids is 2. The van der Waals surface area contributed by atoms with Crippen molar-refractivity contribution in [3.05, 3.63) is 0 Å². The third kappa shape index (κ3) is 43.0. The fourth-order valence-electron chi connectivity index (χ4n) is 2.36. The Morgan fingerprint density at radius 3 is 1.23 bits per heavy atom. The molecular weight excluding hydrogens is 520 g/mol. The van der Waals surface area contributed by atoms with Gasteiger partial charge in [-0.2, -0.15) is 0 Å². The summed E-state index contributed by atoms with van der Waals surface area (Å²) in [5.74, 6) is -2.30. The van der Waals surface area contributed by atoms with Crippen LogP contribution in [0.5, 0.6) is 0 Å². The molecule has 0 aromatic carbocycles. The minimum atomic E-state index is -0.864. The molecule has 0 aliphatic rings. The van der Waals surface area contributed by atoms with Crippen LogP contribution in [0.4, 0.5) is 0 Å². The zero-order chi connectivity index (χ0) is 30.2. The van der Waals surface area contributed by atoms with Crippen molar-refractivity contribution in [1.82, 2.24) is 10.2 Å². The summed E-state index contributed by atoms with van der Waals surface area (Å²) >= 11 is 0. The van der Waals surface area contributed by atoms with Gasteiger partial charge in [-0.25, -0.2) is 0 Å². The Bertz CT molecular complexity index is 545. The number of aliphatic hydroxyl groups is 4. The number of aliphatic carboxylic acids is 2. The second kappa shape index (κ2) is 33.7. The number of carbonyl (C=O) groups is 4. The van der Waals surface area contributed by atoms with Gasteiger partial charge in [0.15, 0.2) is 0 Å². The Balaban J connectivity index is -0.000000601. The summed E-state index contributed by atoms with van der Waals surface area (Å²) in [5.41, 5.74) is 0. The first-order valence-corrected chi connectivity index (χ1v) is 13.2. The minimum absolute atomic E-state index is 0.0517. The van der Waals surface area contributed by atoms with Gasteiger partial charge in [0.1, 0.15) is 0 Å². The second-order valence-electron chi connectivity index (χ2n) is 8.30. The molecule has 0 aromatic rings. The third-order valence-electron chi connectivity index (χ3n) is 4.62. The lowest BCUT2D eigenvalue weighted by Gasteiger charge is -2.12. The fourth-order valence-corrected chi connectivity index (χ4v) is 2.36. The molecule has 0 spiro atoms. The zero-order valence-electron chi connectivity index (χ0n) is 23.2. The maximum Gasteiger partial charge on any atom is 0.307 e. The maximum absolute atomic E-state index is 11.3. The van der Waals surface area contributed by atoms with Crippen LogP contribution in [-0.4, -0.2) is 132 Å². The summed E-state index contributed by atoms with van der Waals surface area (Å²) in [6.07, 6.45) is 4.64. The number of aliphatic hydroxyl groups excluding tert-OH is 4. The van der Waals surface area contributed by atoms with Gasteiger partial charge in [-0.15, -0.1) is 0 Å². The highest BCUT2D eigenvalue weighted by Crippen LogP contribution is 1.94. The summed E-state index contributed by atoms with van der Waals surface area (Å²) in [6, 6.07) is 0. The van der Waals surface area contributed by atoms with E-state index in [1.165, 1.54) is 0 Å². The molecular formula is C25H50N2O12. The quantitative estimate of drug-likeness (QED) is 0.0614. The van der Waals surface area contributed by atoms with Crippen LogP contribution in [0.3, 0.4) is 0 Å². The topological polar surface area (TPSA) is 223 Å². The van der Waals surface area contributed by atoms with Crippen LogP contribution in [0, 0.1) is 0 Å². The van der Waals surface area contributed by atoms with Crippen molar-refractivity contribution in [2.75, 3.05) is 72.9 Å². The van der Waals surface area contributed by atoms with E-state index in [0.717, 1.165) is 12.8 Å². The SMILES string of the molecule is CN(CCC(=O)O)CCC(=O)O.O=C(CCNCCC(=O)OCCCCO)OCCCCO.OCCCCO.